The maximum atomic E-state index is 9.35. The van der Waals surface area contributed by atoms with Crippen LogP contribution >= 0.6 is 0 Å². The third-order valence-corrected chi connectivity index (χ3v) is 3.76. The summed E-state index contributed by atoms with van der Waals surface area (Å²) in [4.78, 5) is 0. The first-order valence-corrected chi connectivity index (χ1v) is 8.37. The zero-order chi connectivity index (χ0) is 17.2. The topological polar surface area (TPSA) is 53.2 Å². The first-order valence-electron chi connectivity index (χ1n) is 8.37. The molecular formula is C21H23NO2. The standard InChI is InChI=1S/C21H23NO2/c1-2-3-4-5-14-24-21-12-6-17(7-13-21)15-19(16-22)18-8-10-20(23)11-9-18/h6-13,15,23H,2-5,14H2,1H3. The lowest BCUT2D eigenvalue weighted by atomic mass is 10.0. The van der Waals surface area contributed by atoms with Crippen LogP contribution < -0.4 is 4.74 Å². The van der Waals surface area contributed by atoms with Gasteiger partial charge in [-0.25, -0.2) is 0 Å². The highest BCUT2D eigenvalue weighted by Gasteiger charge is 2.02. The molecule has 0 radical (unpaired) electrons. The molecule has 2 aromatic carbocycles. The van der Waals surface area contributed by atoms with Crippen LogP contribution in [-0.4, -0.2) is 11.7 Å². The number of phenolic OH excluding ortho intramolecular Hbond substituents is 1. The second-order valence-electron chi connectivity index (χ2n) is 5.69. The van der Waals surface area contributed by atoms with Gasteiger partial charge >= 0.3 is 0 Å². The quantitative estimate of drug-likeness (QED) is 0.401. The smallest absolute Gasteiger partial charge is 0.119 e. The van der Waals surface area contributed by atoms with E-state index in [1.54, 1.807) is 24.3 Å². The summed E-state index contributed by atoms with van der Waals surface area (Å²) in [6, 6.07) is 16.6. The normalized spacial score (nSPS) is 11.1. The molecule has 0 aromatic heterocycles. The van der Waals surface area contributed by atoms with Gasteiger partial charge in [-0.1, -0.05) is 38.3 Å². The van der Waals surface area contributed by atoms with E-state index in [0.29, 0.717) is 5.57 Å². The molecule has 0 unspecified atom stereocenters. The van der Waals surface area contributed by atoms with Gasteiger partial charge in [0, 0.05) is 0 Å². The third kappa shape index (κ3) is 5.48. The fourth-order valence-electron chi connectivity index (χ4n) is 2.37. The number of allylic oxidation sites excluding steroid dienone is 1. The lowest BCUT2D eigenvalue weighted by Crippen LogP contribution is -1.96. The van der Waals surface area contributed by atoms with E-state index in [1.807, 2.05) is 30.3 Å². The van der Waals surface area contributed by atoms with E-state index in [0.717, 1.165) is 29.9 Å². The Kier molecular flexibility index (Phi) is 6.91. The van der Waals surface area contributed by atoms with Crippen molar-refractivity contribution >= 4 is 11.6 Å². The molecule has 0 saturated carbocycles. The van der Waals surface area contributed by atoms with Gasteiger partial charge in [-0.2, -0.15) is 5.26 Å². The number of unbranched alkanes of at least 4 members (excludes halogenated alkanes) is 3. The summed E-state index contributed by atoms with van der Waals surface area (Å²) < 4.78 is 5.72. The molecule has 2 aromatic rings. The second kappa shape index (κ2) is 9.42. The summed E-state index contributed by atoms with van der Waals surface area (Å²) in [5, 5.41) is 18.7. The highest BCUT2D eigenvalue weighted by Crippen LogP contribution is 2.21. The monoisotopic (exact) mass is 321 g/mol. The number of phenols is 1. The zero-order valence-corrected chi connectivity index (χ0v) is 14.0. The van der Waals surface area contributed by atoms with Crippen LogP contribution in [0, 0.1) is 11.3 Å². The minimum Gasteiger partial charge on any atom is -0.508 e. The molecule has 3 nitrogen and oxygen atoms in total. The van der Waals surface area contributed by atoms with Gasteiger partial charge < -0.3 is 9.84 Å². The lowest BCUT2D eigenvalue weighted by molar-refractivity contribution is 0.305. The van der Waals surface area contributed by atoms with Crippen molar-refractivity contribution in [3.8, 4) is 17.6 Å². The zero-order valence-electron chi connectivity index (χ0n) is 14.0. The maximum absolute atomic E-state index is 9.35. The summed E-state index contributed by atoms with van der Waals surface area (Å²) in [6.45, 7) is 2.94. The van der Waals surface area contributed by atoms with Gasteiger partial charge in [0.1, 0.15) is 11.5 Å². The summed E-state index contributed by atoms with van der Waals surface area (Å²) >= 11 is 0. The summed E-state index contributed by atoms with van der Waals surface area (Å²) in [6.07, 6.45) is 6.59. The Morgan fingerprint density at radius 1 is 1.04 bits per heavy atom. The van der Waals surface area contributed by atoms with Crippen molar-refractivity contribution in [3.05, 3.63) is 59.7 Å². The Morgan fingerprint density at radius 2 is 1.75 bits per heavy atom. The SMILES string of the molecule is CCCCCCOc1ccc(C=C(C#N)c2ccc(O)cc2)cc1. The van der Waals surface area contributed by atoms with Crippen molar-refractivity contribution in [3.63, 3.8) is 0 Å². The Bertz CT molecular complexity index is 694. The second-order valence-corrected chi connectivity index (χ2v) is 5.69. The third-order valence-electron chi connectivity index (χ3n) is 3.76. The molecule has 0 amide bonds. The molecular weight excluding hydrogens is 298 g/mol. The van der Waals surface area contributed by atoms with Crippen molar-refractivity contribution in [1.29, 1.82) is 5.26 Å². The molecule has 0 aliphatic carbocycles. The van der Waals surface area contributed by atoms with Gasteiger partial charge in [0.25, 0.3) is 0 Å². The van der Waals surface area contributed by atoms with Gasteiger partial charge in [-0.05, 0) is 60.0 Å². The van der Waals surface area contributed by atoms with Crippen LogP contribution in [0.2, 0.25) is 0 Å². The number of ether oxygens (including phenoxy) is 1. The van der Waals surface area contributed by atoms with E-state index < -0.39 is 0 Å². The number of rotatable bonds is 8. The van der Waals surface area contributed by atoms with E-state index in [1.165, 1.54) is 19.3 Å². The Labute approximate surface area is 143 Å². The van der Waals surface area contributed by atoms with Crippen LogP contribution in [0.1, 0.15) is 43.7 Å². The molecule has 0 aliphatic heterocycles. The summed E-state index contributed by atoms with van der Waals surface area (Å²) in [5.74, 6) is 1.04. The van der Waals surface area contributed by atoms with E-state index in [2.05, 4.69) is 13.0 Å². The van der Waals surface area contributed by atoms with Crippen molar-refractivity contribution in [2.45, 2.75) is 32.6 Å². The van der Waals surface area contributed by atoms with Crippen molar-refractivity contribution in [2.24, 2.45) is 0 Å². The van der Waals surface area contributed by atoms with Crippen LogP contribution in [0.25, 0.3) is 11.6 Å². The van der Waals surface area contributed by atoms with Crippen molar-refractivity contribution in [1.82, 2.24) is 0 Å². The summed E-state index contributed by atoms with van der Waals surface area (Å²) in [7, 11) is 0. The van der Waals surface area contributed by atoms with E-state index >= 15 is 0 Å². The number of benzene rings is 2. The van der Waals surface area contributed by atoms with E-state index in [4.69, 9.17) is 4.74 Å². The maximum Gasteiger partial charge on any atom is 0.119 e. The average Bonchev–Trinajstić information content (AvgIpc) is 2.61. The minimum atomic E-state index is 0.191. The molecule has 24 heavy (non-hydrogen) atoms. The number of hydrogen-bond donors (Lipinski definition) is 1. The Balaban J connectivity index is 1.99. The van der Waals surface area contributed by atoms with Crippen LogP contribution in [0.4, 0.5) is 0 Å². The fraction of sp³-hybridized carbons (Fsp3) is 0.286. The Morgan fingerprint density at radius 3 is 2.38 bits per heavy atom. The fourth-order valence-corrected chi connectivity index (χ4v) is 2.37. The lowest BCUT2D eigenvalue weighted by Gasteiger charge is -2.06. The molecule has 1 N–H and O–H groups in total. The number of aromatic hydroxyl groups is 1. The predicted octanol–water partition coefficient (Wildman–Crippen LogP) is 5.42. The highest BCUT2D eigenvalue weighted by molar-refractivity contribution is 5.89. The number of nitrogens with zero attached hydrogens (tertiary/aromatic N) is 1. The van der Waals surface area contributed by atoms with Crippen LogP contribution in [-0.2, 0) is 0 Å². The first-order chi connectivity index (χ1) is 11.7. The largest absolute Gasteiger partial charge is 0.508 e. The van der Waals surface area contributed by atoms with Crippen molar-refractivity contribution in [2.75, 3.05) is 6.61 Å². The molecule has 2 rings (SSSR count). The summed E-state index contributed by atoms with van der Waals surface area (Å²) in [5.41, 5.74) is 2.28. The van der Waals surface area contributed by atoms with Gasteiger partial charge in [0.15, 0.2) is 0 Å². The van der Waals surface area contributed by atoms with Crippen molar-refractivity contribution < 1.29 is 9.84 Å². The van der Waals surface area contributed by atoms with Gasteiger partial charge in [-0.3, -0.25) is 0 Å². The molecule has 0 heterocycles. The minimum absolute atomic E-state index is 0.191. The molecule has 124 valence electrons. The predicted molar refractivity (Wildman–Crippen MR) is 97.7 cm³/mol. The van der Waals surface area contributed by atoms with Crippen LogP contribution in [0.3, 0.4) is 0 Å². The molecule has 0 saturated heterocycles. The van der Waals surface area contributed by atoms with Gasteiger partial charge in [-0.15, -0.1) is 0 Å². The molecule has 3 heteroatoms. The molecule has 0 aliphatic rings. The van der Waals surface area contributed by atoms with Gasteiger partial charge in [0.05, 0.1) is 18.2 Å². The van der Waals surface area contributed by atoms with Crippen LogP contribution in [0.5, 0.6) is 11.5 Å². The number of hydrogen-bond acceptors (Lipinski definition) is 3. The molecule has 0 fully saturated rings. The first kappa shape index (κ1) is 17.6. The number of nitriles is 1. The van der Waals surface area contributed by atoms with Gasteiger partial charge in [0.2, 0.25) is 0 Å². The molecule has 0 atom stereocenters. The molecule has 0 spiro atoms. The molecule has 0 bridgehead atoms. The van der Waals surface area contributed by atoms with E-state index in [-0.39, 0.29) is 5.75 Å². The highest BCUT2D eigenvalue weighted by atomic mass is 16.5. The van der Waals surface area contributed by atoms with Crippen LogP contribution in [0.15, 0.2) is 48.5 Å². The van der Waals surface area contributed by atoms with E-state index in [9.17, 15) is 10.4 Å². The Hall–Kier alpha value is -2.73. The average molecular weight is 321 g/mol.